The number of rotatable bonds is 9. The molecule has 156 valence electrons. The molecule has 2 atom stereocenters. The number of carbonyl (C=O) groups is 1. The third kappa shape index (κ3) is 6.03. The van der Waals surface area contributed by atoms with E-state index in [9.17, 15) is 9.90 Å². The summed E-state index contributed by atoms with van der Waals surface area (Å²) in [4.78, 5) is 15.3. The molecule has 3 aromatic rings. The Morgan fingerprint density at radius 1 is 1.07 bits per heavy atom. The second-order valence-corrected chi connectivity index (χ2v) is 7.49. The van der Waals surface area contributed by atoms with Gasteiger partial charge < -0.3 is 20.8 Å². The quantitative estimate of drug-likeness (QED) is 0.410. The lowest BCUT2D eigenvalue weighted by Crippen LogP contribution is -2.35. The van der Waals surface area contributed by atoms with Crippen LogP contribution >= 0.6 is 11.6 Å². The molecule has 30 heavy (non-hydrogen) atoms. The molecule has 0 aliphatic carbocycles. The Morgan fingerprint density at radius 2 is 1.83 bits per heavy atom. The lowest BCUT2D eigenvalue weighted by atomic mass is 10.1. The minimum absolute atomic E-state index is 0.0157. The van der Waals surface area contributed by atoms with E-state index < -0.39 is 12.1 Å². The highest BCUT2D eigenvalue weighted by atomic mass is 35.5. The van der Waals surface area contributed by atoms with E-state index in [1.807, 2.05) is 43.3 Å². The Morgan fingerprint density at radius 3 is 2.60 bits per heavy atom. The van der Waals surface area contributed by atoms with Gasteiger partial charge in [0.15, 0.2) is 0 Å². The summed E-state index contributed by atoms with van der Waals surface area (Å²) in [5.41, 5.74) is 3.13. The summed E-state index contributed by atoms with van der Waals surface area (Å²) in [7, 11) is 0. The lowest BCUT2D eigenvalue weighted by molar-refractivity contribution is 0.0690. The van der Waals surface area contributed by atoms with Gasteiger partial charge in [-0.05, 0) is 48.9 Å². The standard InChI is InChI=1S/C23H24ClN3O3/c1-15(25-14-22(28)17-6-2-7-18(24)11-17)13-26-19-8-3-5-16(12-19)20-9-4-10-21(27-20)23(29)30/h2-12,15,22,25-26,28H,13-14H2,1H3,(H,29,30). The molecule has 0 amide bonds. The first-order chi connectivity index (χ1) is 14.4. The van der Waals surface area contributed by atoms with E-state index in [0.29, 0.717) is 23.8 Å². The van der Waals surface area contributed by atoms with Crippen LogP contribution in [0.4, 0.5) is 5.69 Å². The highest BCUT2D eigenvalue weighted by molar-refractivity contribution is 6.30. The summed E-state index contributed by atoms with van der Waals surface area (Å²) in [6.07, 6.45) is -0.637. The van der Waals surface area contributed by atoms with Crippen molar-refractivity contribution in [1.29, 1.82) is 0 Å². The molecule has 0 fully saturated rings. The number of nitrogens with one attached hydrogen (secondary N) is 2. The molecule has 0 bridgehead atoms. The van der Waals surface area contributed by atoms with Crippen LogP contribution in [0.25, 0.3) is 11.3 Å². The van der Waals surface area contributed by atoms with E-state index in [-0.39, 0.29) is 11.7 Å². The van der Waals surface area contributed by atoms with Gasteiger partial charge in [-0.3, -0.25) is 0 Å². The van der Waals surface area contributed by atoms with Crippen LogP contribution in [0.15, 0.2) is 66.7 Å². The van der Waals surface area contributed by atoms with Crippen molar-refractivity contribution in [2.75, 3.05) is 18.4 Å². The van der Waals surface area contributed by atoms with Crippen LogP contribution in [0, 0.1) is 0 Å². The number of aromatic nitrogens is 1. The van der Waals surface area contributed by atoms with Crippen molar-refractivity contribution in [3.63, 3.8) is 0 Å². The number of nitrogens with zero attached hydrogens (tertiary/aromatic N) is 1. The molecule has 7 heteroatoms. The fourth-order valence-corrected chi connectivity index (χ4v) is 3.19. The highest BCUT2D eigenvalue weighted by Crippen LogP contribution is 2.21. The number of carboxylic acids is 1. The van der Waals surface area contributed by atoms with Gasteiger partial charge in [-0.25, -0.2) is 9.78 Å². The Labute approximate surface area is 180 Å². The first-order valence-electron chi connectivity index (χ1n) is 9.64. The van der Waals surface area contributed by atoms with Gasteiger partial charge in [0.25, 0.3) is 0 Å². The van der Waals surface area contributed by atoms with Gasteiger partial charge >= 0.3 is 5.97 Å². The molecule has 4 N–H and O–H groups in total. The molecular weight excluding hydrogens is 402 g/mol. The normalized spacial score (nSPS) is 12.9. The van der Waals surface area contributed by atoms with Crippen LogP contribution < -0.4 is 10.6 Å². The summed E-state index contributed by atoms with van der Waals surface area (Å²) >= 11 is 5.98. The second-order valence-electron chi connectivity index (χ2n) is 7.06. The van der Waals surface area contributed by atoms with Gasteiger partial charge in [-0.2, -0.15) is 0 Å². The van der Waals surface area contributed by atoms with Gasteiger partial charge in [-0.1, -0.05) is 41.9 Å². The number of benzene rings is 2. The molecule has 0 aliphatic rings. The summed E-state index contributed by atoms with van der Waals surface area (Å²) in [5.74, 6) is -1.05. The zero-order valence-electron chi connectivity index (χ0n) is 16.5. The van der Waals surface area contributed by atoms with E-state index in [1.165, 1.54) is 6.07 Å². The maximum Gasteiger partial charge on any atom is 0.354 e. The fraction of sp³-hybridized carbons (Fsp3) is 0.217. The Hall–Kier alpha value is -2.93. The van der Waals surface area contributed by atoms with Crippen molar-refractivity contribution in [3.8, 4) is 11.3 Å². The molecule has 0 radical (unpaired) electrons. The van der Waals surface area contributed by atoms with E-state index in [0.717, 1.165) is 16.8 Å². The van der Waals surface area contributed by atoms with E-state index in [2.05, 4.69) is 15.6 Å². The van der Waals surface area contributed by atoms with E-state index >= 15 is 0 Å². The van der Waals surface area contributed by atoms with E-state index in [1.54, 1.807) is 24.3 Å². The Bertz CT molecular complexity index is 1010. The summed E-state index contributed by atoms with van der Waals surface area (Å²) in [5, 5.41) is 26.7. The first kappa shape index (κ1) is 21.8. The fourth-order valence-electron chi connectivity index (χ4n) is 2.99. The van der Waals surface area contributed by atoms with Crippen LogP contribution in [-0.4, -0.2) is 40.3 Å². The lowest BCUT2D eigenvalue weighted by Gasteiger charge is -2.19. The Balaban J connectivity index is 1.55. The molecule has 0 saturated carbocycles. The minimum atomic E-state index is -1.05. The van der Waals surface area contributed by atoms with E-state index in [4.69, 9.17) is 16.7 Å². The second kappa shape index (κ2) is 10.2. The monoisotopic (exact) mass is 425 g/mol. The van der Waals surface area contributed by atoms with Gasteiger partial charge in [-0.15, -0.1) is 0 Å². The van der Waals surface area contributed by atoms with Gasteiger partial charge in [0.1, 0.15) is 5.69 Å². The van der Waals surface area contributed by atoms with Crippen molar-refractivity contribution in [2.24, 2.45) is 0 Å². The predicted molar refractivity (Wildman–Crippen MR) is 119 cm³/mol. The maximum atomic E-state index is 11.1. The molecule has 0 aliphatic heterocycles. The number of anilines is 1. The molecule has 2 aromatic carbocycles. The topological polar surface area (TPSA) is 94.5 Å². The van der Waals surface area contributed by atoms with Crippen molar-refractivity contribution in [3.05, 3.63) is 83.0 Å². The van der Waals surface area contributed by atoms with Gasteiger partial charge in [0.2, 0.25) is 0 Å². The average molecular weight is 426 g/mol. The Kier molecular flexibility index (Phi) is 7.41. The number of aromatic carboxylic acids is 1. The number of aliphatic hydroxyl groups is 1. The van der Waals surface area contributed by atoms with Crippen LogP contribution in [0.2, 0.25) is 5.02 Å². The summed E-state index contributed by atoms with van der Waals surface area (Å²) in [6.45, 7) is 3.09. The summed E-state index contributed by atoms with van der Waals surface area (Å²) in [6, 6.07) is 19.9. The molecular formula is C23H24ClN3O3. The minimum Gasteiger partial charge on any atom is -0.477 e. The third-order valence-electron chi connectivity index (χ3n) is 4.63. The summed E-state index contributed by atoms with van der Waals surface area (Å²) < 4.78 is 0. The smallest absolute Gasteiger partial charge is 0.354 e. The molecule has 2 unspecified atom stereocenters. The molecule has 1 aromatic heterocycles. The van der Waals surface area contributed by atoms with Crippen LogP contribution in [0.3, 0.4) is 0 Å². The van der Waals surface area contributed by atoms with Crippen molar-refractivity contribution >= 4 is 23.3 Å². The first-order valence-corrected chi connectivity index (χ1v) is 10.0. The maximum absolute atomic E-state index is 11.1. The largest absolute Gasteiger partial charge is 0.477 e. The number of hydrogen-bond donors (Lipinski definition) is 4. The number of halogens is 1. The molecule has 3 rings (SSSR count). The van der Waals surface area contributed by atoms with Crippen LogP contribution in [0.1, 0.15) is 29.1 Å². The molecule has 6 nitrogen and oxygen atoms in total. The van der Waals surface area contributed by atoms with Gasteiger partial charge in [0, 0.05) is 35.4 Å². The molecule has 0 saturated heterocycles. The van der Waals surface area contributed by atoms with Crippen LogP contribution in [-0.2, 0) is 0 Å². The number of hydrogen-bond acceptors (Lipinski definition) is 5. The average Bonchev–Trinajstić information content (AvgIpc) is 2.76. The number of carboxylic acid groups (broad SMARTS) is 1. The van der Waals surface area contributed by atoms with Crippen molar-refractivity contribution < 1.29 is 15.0 Å². The number of pyridine rings is 1. The molecule has 1 heterocycles. The van der Waals surface area contributed by atoms with Gasteiger partial charge in [0.05, 0.1) is 11.8 Å². The van der Waals surface area contributed by atoms with Crippen LogP contribution in [0.5, 0.6) is 0 Å². The predicted octanol–water partition coefficient (Wildman–Crippen LogP) is 4.22. The SMILES string of the molecule is CC(CNc1cccc(-c2cccc(C(=O)O)n2)c1)NCC(O)c1cccc(Cl)c1. The van der Waals surface area contributed by atoms with Crippen molar-refractivity contribution in [1.82, 2.24) is 10.3 Å². The highest BCUT2D eigenvalue weighted by Gasteiger charge is 2.11. The van der Waals surface area contributed by atoms with Crippen molar-refractivity contribution in [2.45, 2.75) is 19.1 Å². The molecule has 0 spiro atoms. The number of aliphatic hydroxyl groups excluding tert-OH is 1. The third-order valence-corrected chi connectivity index (χ3v) is 4.87. The zero-order chi connectivity index (χ0) is 21.5. The zero-order valence-corrected chi connectivity index (χ0v) is 17.3.